The minimum absolute atomic E-state index is 0.208. The molecule has 0 amide bonds. The molecule has 0 aliphatic carbocycles. The molecule has 4 aromatic rings. The molecule has 1 aromatic heterocycles. The second-order valence-corrected chi connectivity index (χ2v) is 8.50. The molecule has 7 nitrogen and oxygen atoms in total. The summed E-state index contributed by atoms with van der Waals surface area (Å²) in [5.41, 5.74) is 5.33. The van der Waals surface area contributed by atoms with E-state index < -0.39 is 5.97 Å². The van der Waals surface area contributed by atoms with Crippen LogP contribution in [0.4, 0.5) is 5.69 Å². The predicted octanol–water partition coefficient (Wildman–Crippen LogP) is 5.98. The number of rotatable bonds is 9. The average Bonchev–Trinajstić information content (AvgIpc) is 2.88. The highest BCUT2D eigenvalue weighted by atomic mass is 16.5. The lowest BCUT2D eigenvalue weighted by Gasteiger charge is -2.20. The van der Waals surface area contributed by atoms with Crippen LogP contribution in [0.3, 0.4) is 0 Å². The topological polar surface area (TPSA) is 104 Å². The van der Waals surface area contributed by atoms with Gasteiger partial charge in [-0.1, -0.05) is 30.3 Å². The second kappa shape index (κ2) is 10.9. The largest absolute Gasteiger partial charge is 0.491 e. The molecule has 0 radical (unpaired) electrons. The summed E-state index contributed by atoms with van der Waals surface area (Å²) in [7, 11) is 1.62. The number of nitriles is 1. The Hall–Kier alpha value is -4.41. The Balaban J connectivity index is 1.75. The highest BCUT2D eigenvalue weighted by molar-refractivity contribution is 5.94. The second-order valence-electron chi connectivity index (χ2n) is 8.50. The van der Waals surface area contributed by atoms with Crippen LogP contribution in [0.1, 0.15) is 40.1 Å². The van der Waals surface area contributed by atoms with Crippen molar-refractivity contribution in [2.24, 2.45) is 0 Å². The van der Waals surface area contributed by atoms with Crippen LogP contribution < -0.4 is 10.1 Å². The number of para-hydroxylation sites is 1. The van der Waals surface area contributed by atoms with Gasteiger partial charge in [0.2, 0.25) is 0 Å². The van der Waals surface area contributed by atoms with Crippen molar-refractivity contribution in [3.05, 3.63) is 89.1 Å². The number of carboxylic acids is 1. The quantitative estimate of drug-likeness (QED) is 0.283. The molecule has 4 rings (SSSR count). The van der Waals surface area contributed by atoms with Crippen LogP contribution in [-0.2, 0) is 4.74 Å². The molecule has 36 heavy (non-hydrogen) atoms. The Morgan fingerprint density at radius 3 is 2.56 bits per heavy atom. The molecule has 0 aliphatic heterocycles. The fourth-order valence-electron chi connectivity index (χ4n) is 4.19. The normalized spacial score (nSPS) is 11.6. The molecule has 0 spiro atoms. The predicted molar refractivity (Wildman–Crippen MR) is 139 cm³/mol. The number of carbonyl (C=O) groups is 1. The van der Waals surface area contributed by atoms with Crippen LogP contribution in [-0.4, -0.2) is 36.4 Å². The number of anilines is 1. The molecule has 1 heterocycles. The van der Waals surface area contributed by atoms with E-state index in [4.69, 9.17) is 9.47 Å². The summed E-state index contributed by atoms with van der Waals surface area (Å²) in [5.74, 6) is -0.272. The first kappa shape index (κ1) is 24.7. The summed E-state index contributed by atoms with van der Waals surface area (Å²) >= 11 is 0. The van der Waals surface area contributed by atoms with Crippen LogP contribution in [0.2, 0.25) is 0 Å². The first-order valence-corrected chi connectivity index (χ1v) is 11.6. The summed E-state index contributed by atoms with van der Waals surface area (Å²) in [5, 5.41) is 23.7. The third-order valence-electron chi connectivity index (χ3n) is 5.93. The molecule has 7 heteroatoms. The van der Waals surface area contributed by atoms with Crippen LogP contribution in [0.15, 0.2) is 66.7 Å². The van der Waals surface area contributed by atoms with E-state index in [0.29, 0.717) is 35.9 Å². The average molecular weight is 482 g/mol. The zero-order valence-corrected chi connectivity index (χ0v) is 20.4. The minimum atomic E-state index is -0.989. The van der Waals surface area contributed by atoms with Gasteiger partial charge in [0.15, 0.2) is 0 Å². The molecule has 3 aromatic carbocycles. The lowest BCUT2D eigenvalue weighted by atomic mass is 9.95. The van der Waals surface area contributed by atoms with E-state index in [2.05, 4.69) is 22.4 Å². The van der Waals surface area contributed by atoms with Gasteiger partial charge in [0.25, 0.3) is 0 Å². The zero-order chi connectivity index (χ0) is 25.7. The molecule has 0 saturated carbocycles. The summed E-state index contributed by atoms with van der Waals surface area (Å²) in [6, 6.07) is 22.4. The number of pyridine rings is 1. The van der Waals surface area contributed by atoms with E-state index in [-0.39, 0.29) is 11.6 Å². The summed E-state index contributed by atoms with van der Waals surface area (Å²) in [6.45, 7) is 4.91. The number of fused-ring (bicyclic) bond motifs is 1. The van der Waals surface area contributed by atoms with Crippen molar-refractivity contribution < 1.29 is 19.4 Å². The Morgan fingerprint density at radius 2 is 1.86 bits per heavy atom. The van der Waals surface area contributed by atoms with Gasteiger partial charge in [0.05, 0.1) is 17.7 Å². The summed E-state index contributed by atoms with van der Waals surface area (Å²) in [6.07, 6.45) is 0. The fourth-order valence-corrected chi connectivity index (χ4v) is 4.19. The smallest absolute Gasteiger partial charge is 0.337 e. The van der Waals surface area contributed by atoms with Crippen LogP contribution >= 0.6 is 0 Å². The van der Waals surface area contributed by atoms with Gasteiger partial charge in [0.1, 0.15) is 24.1 Å². The Labute approximate surface area is 209 Å². The molecule has 0 saturated heterocycles. The first-order valence-electron chi connectivity index (χ1n) is 11.6. The van der Waals surface area contributed by atoms with Crippen molar-refractivity contribution >= 4 is 22.6 Å². The van der Waals surface area contributed by atoms with E-state index in [1.54, 1.807) is 31.4 Å². The van der Waals surface area contributed by atoms with Crippen molar-refractivity contribution in [3.8, 4) is 22.9 Å². The number of nitrogens with one attached hydrogen (secondary N) is 1. The van der Waals surface area contributed by atoms with Crippen molar-refractivity contribution in [3.63, 3.8) is 0 Å². The molecule has 0 bridgehead atoms. The van der Waals surface area contributed by atoms with Gasteiger partial charge in [-0.15, -0.1) is 0 Å². The molecular weight excluding hydrogens is 454 g/mol. The lowest BCUT2D eigenvalue weighted by molar-refractivity contribution is 0.0698. The first-order chi connectivity index (χ1) is 17.4. The van der Waals surface area contributed by atoms with Crippen LogP contribution in [0.5, 0.6) is 5.75 Å². The Kier molecular flexibility index (Phi) is 7.47. The maximum Gasteiger partial charge on any atom is 0.337 e. The number of aromatic carboxylic acids is 1. The maximum atomic E-state index is 11.7. The monoisotopic (exact) mass is 481 g/mol. The zero-order valence-electron chi connectivity index (χ0n) is 20.4. The molecule has 0 aliphatic rings. The van der Waals surface area contributed by atoms with Crippen molar-refractivity contribution in [2.75, 3.05) is 25.6 Å². The number of hydrogen-bond donors (Lipinski definition) is 2. The van der Waals surface area contributed by atoms with E-state index in [0.717, 1.165) is 27.6 Å². The minimum Gasteiger partial charge on any atom is -0.491 e. The van der Waals surface area contributed by atoms with Gasteiger partial charge in [-0.25, -0.2) is 9.78 Å². The summed E-state index contributed by atoms with van der Waals surface area (Å²) in [4.78, 5) is 16.4. The molecule has 182 valence electrons. The SMILES string of the molecule is COCCOc1ccc(-c2cc3c([C@@H](C)Nc4ccccc4C(=O)O)cc(C)cc3nc2C#N)cc1. The van der Waals surface area contributed by atoms with Crippen LogP contribution in [0, 0.1) is 18.3 Å². The maximum absolute atomic E-state index is 11.7. The molecule has 2 N–H and O–H groups in total. The van der Waals surface area contributed by atoms with Crippen molar-refractivity contribution in [1.82, 2.24) is 4.98 Å². The van der Waals surface area contributed by atoms with Crippen molar-refractivity contribution in [2.45, 2.75) is 19.9 Å². The van der Waals surface area contributed by atoms with Crippen molar-refractivity contribution in [1.29, 1.82) is 5.26 Å². The molecule has 1 atom stereocenters. The highest BCUT2D eigenvalue weighted by Gasteiger charge is 2.18. The number of nitrogens with zero attached hydrogens (tertiary/aromatic N) is 2. The van der Waals surface area contributed by atoms with Gasteiger partial charge < -0.3 is 19.9 Å². The van der Waals surface area contributed by atoms with E-state index in [9.17, 15) is 15.2 Å². The third kappa shape index (κ3) is 5.29. The van der Waals surface area contributed by atoms with Gasteiger partial charge in [-0.05, 0) is 66.9 Å². The Bertz CT molecular complexity index is 1440. The fraction of sp³-hybridized carbons (Fsp3) is 0.207. The lowest BCUT2D eigenvalue weighted by Crippen LogP contribution is -2.11. The van der Waals surface area contributed by atoms with Crippen LogP contribution in [0.25, 0.3) is 22.0 Å². The van der Waals surface area contributed by atoms with Gasteiger partial charge in [-0.3, -0.25) is 0 Å². The van der Waals surface area contributed by atoms with E-state index >= 15 is 0 Å². The van der Waals surface area contributed by atoms with E-state index in [1.807, 2.05) is 50.2 Å². The number of hydrogen-bond acceptors (Lipinski definition) is 6. The number of methoxy groups -OCH3 is 1. The van der Waals surface area contributed by atoms with Gasteiger partial charge in [0, 0.05) is 29.8 Å². The summed E-state index contributed by atoms with van der Waals surface area (Å²) < 4.78 is 10.7. The molecular formula is C29H27N3O4. The molecule has 0 fully saturated rings. The third-order valence-corrected chi connectivity index (χ3v) is 5.93. The number of ether oxygens (including phenoxy) is 2. The van der Waals surface area contributed by atoms with Gasteiger partial charge in [-0.2, -0.15) is 5.26 Å². The number of aryl methyl sites for hydroxylation is 1. The van der Waals surface area contributed by atoms with Gasteiger partial charge >= 0.3 is 5.97 Å². The Morgan fingerprint density at radius 1 is 1.11 bits per heavy atom. The number of carboxylic acid groups (broad SMARTS) is 1. The number of benzene rings is 3. The molecule has 0 unspecified atom stereocenters. The van der Waals surface area contributed by atoms with E-state index in [1.165, 1.54) is 0 Å². The highest BCUT2D eigenvalue weighted by Crippen LogP contribution is 2.33. The standard InChI is InChI=1S/C29H27N3O4/c1-18-14-23(19(2)31-26-7-5-4-6-22(26)29(33)34)25-16-24(28(17-30)32-27(25)15-18)20-8-10-21(11-9-20)36-13-12-35-3/h4-11,14-16,19,31H,12-13H2,1-3H3,(H,33,34)/t19-/m1/s1. The number of aromatic nitrogens is 1.